The lowest BCUT2D eigenvalue weighted by Crippen LogP contribution is -2.30. The second kappa shape index (κ2) is 8.59. The van der Waals surface area contributed by atoms with Crippen molar-refractivity contribution in [3.05, 3.63) is 90.0 Å². The predicted octanol–water partition coefficient (Wildman–Crippen LogP) is 3.64. The summed E-state index contributed by atoms with van der Waals surface area (Å²) in [5, 5.41) is 0. The van der Waals surface area contributed by atoms with Gasteiger partial charge in [0.25, 0.3) is 10.0 Å². The first-order valence-corrected chi connectivity index (χ1v) is 12.2. The van der Waals surface area contributed by atoms with E-state index < -0.39 is 20.0 Å². The van der Waals surface area contributed by atoms with Gasteiger partial charge in [-0.3, -0.25) is 4.31 Å². The van der Waals surface area contributed by atoms with Crippen LogP contribution in [0, 0.1) is 6.92 Å². The Hall–Kier alpha value is -2.68. The van der Waals surface area contributed by atoms with Gasteiger partial charge in [0.05, 0.1) is 22.0 Å². The fraction of sp³-hybridized carbons (Fsp3) is 0.182. The highest BCUT2D eigenvalue weighted by Gasteiger charge is 2.26. The Kier molecular flexibility index (Phi) is 6.30. The van der Waals surface area contributed by atoms with Gasteiger partial charge in [-0.05, 0) is 48.9 Å². The Morgan fingerprint density at radius 1 is 0.700 bits per heavy atom. The van der Waals surface area contributed by atoms with E-state index in [1.165, 1.54) is 30.5 Å². The second-order valence-electron chi connectivity index (χ2n) is 7.10. The first-order valence-electron chi connectivity index (χ1n) is 9.28. The topological polar surface area (TPSA) is 74.8 Å². The van der Waals surface area contributed by atoms with Crippen LogP contribution in [0.4, 0.5) is 5.69 Å². The molecule has 0 fully saturated rings. The zero-order valence-electron chi connectivity index (χ0n) is 17.1. The van der Waals surface area contributed by atoms with Crippen LogP contribution in [0.3, 0.4) is 0 Å². The van der Waals surface area contributed by atoms with Crippen LogP contribution in [0.2, 0.25) is 0 Å². The van der Waals surface area contributed by atoms with Crippen molar-refractivity contribution in [3.8, 4) is 0 Å². The van der Waals surface area contributed by atoms with E-state index in [2.05, 4.69) is 0 Å². The molecule has 3 aromatic rings. The average Bonchev–Trinajstić information content (AvgIpc) is 2.73. The lowest BCUT2D eigenvalue weighted by molar-refractivity contribution is 0.520. The minimum absolute atomic E-state index is 0.00296. The fourth-order valence-corrected chi connectivity index (χ4v) is 5.35. The Morgan fingerprint density at radius 2 is 1.33 bits per heavy atom. The number of aryl methyl sites for hydroxylation is 1. The highest BCUT2D eigenvalue weighted by Crippen LogP contribution is 2.27. The average molecular weight is 445 g/mol. The van der Waals surface area contributed by atoms with Crippen LogP contribution in [0.25, 0.3) is 0 Å². The summed E-state index contributed by atoms with van der Waals surface area (Å²) in [6.45, 7) is 1.89. The number of nitrogens with zero attached hydrogens (tertiary/aromatic N) is 2. The molecule has 8 heteroatoms. The standard InChI is InChI=1S/C22H24N2O4S2/c1-18-12-14-21(15-13-18)30(27,28)24(20-9-5-4-6-10-20)17-19-8-7-11-22(16-19)29(25,26)23(2)3/h4-16H,17H2,1-3H3. The van der Waals surface area contributed by atoms with Gasteiger partial charge in [-0.1, -0.05) is 48.0 Å². The van der Waals surface area contributed by atoms with Crippen molar-refractivity contribution in [2.75, 3.05) is 18.4 Å². The van der Waals surface area contributed by atoms with Gasteiger partial charge in [0.2, 0.25) is 10.0 Å². The van der Waals surface area contributed by atoms with Crippen LogP contribution < -0.4 is 4.31 Å². The van der Waals surface area contributed by atoms with Crippen LogP contribution in [0.5, 0.6) is 0 Å². The number of benzene rings is 3. The van der Waals surface area contributed by atoms with Crippen LogP contribution in [0.15, 0.2) is 88.7 Å². The molecule has 3 aromatic carbocycles. The van der Waals surface area contributed by atoms with Crippen molar-refractivity contribution in [1.82, 2.24) is 4.31 Å². The molecule has 0 saturated carbocycles. The van der Waals surface area contributed by atoms with E-state index in [1.54, 1.807) is 60.7 Å². The van der Waals surface area contributed by atoms with E-state index in [-0.39, 0.29) is 16.3 Å². The number of anilines is 1. The molecule has 0 aliphatic heterocycles. The van der Waals surface area contributed by atoms with E-state index in [0.29, 0.717) is 11.3 Å². The fourth-order valence-electron chi connectivity index (χ4n) is 2.93. The molecular weight excluding hydrogens is 420 g/mol. The SMILES string of the molecule is Cc1ccc(S(=O)(=O)N(Cc2cccc(S(=O)(=O)N(C)C)c2)c2ccccc2)cc1. The van der Waals surface area contributed by atoms with E-state index in [4.69, 9.17) is 0 Å². The summed E-state index contributed by atoms with van der Waals surface area (Å²) in [4.78, 5) is 0.291. The van der Waals surface area contributed by atoms with Crippen molar-refractivity contribution in [2.45, 2.75) is 23.3 Å². The van der Waals surface area contributed by atoms with Crippen LogP contribution in [-0.2, 0) is 26.6 Å². The molecule has 0 aromatic heterocycles. The summed E-state index contributed by atoms with van der Waals surface area (Å²) in [5.74, 6) is 0. The minimum atomic E-state index is -3.86. The summed E-state index contributed by atoms with van der Waals surface area (Å²) in [6.07, 6.45) is 0. The molecule has 0 radical (unpaired) electrons. The molecule has 3 rings (SSSR count). The highest BCUT2D eigenvalue weighted by molar-refractivity contribution is 7.92. The lowest BCUT2D eigenvalue weighted by atomic mass is 10.2. The molecule has 0 heterocycles. The zero-order valence-corrected chi connectivity index (χ0v) is 18.7. The predicted molar refractivity (Wildman–Crippen MR) is 118 cm³/mol. The van der Waals surface area contributed by atoms with Crippen LogP contribution in [0.1, 0.15) is 11.1 Å². The molecule has 30 heavy (non-hydrogen) atoms. The first kappa shape index (κ1) is 22.0. The quantitative estimate of drug-likeness (QED) is 0.558. The van der Waals surface area contributed by atoms with Crippen molar-refractivity contribution < 1.29 is 16.8 Å². The number of para-hydroxylation sites is 1. The molecule has 0 N–H and O–H groups in total. The number of hydrogen-bond donors (Lipinski definition) is 0. The second-order valence-corrected chi connectivity index (χ2v) is 11.1. The van der Waals surface area contributed by atoms with Gasteiger partial charge in [-0.2, -0.15) is 0 Å². The Bertz CT molecular complexity index is 1220. The first-order chi connectivity index (χ1) is 14.1. The van der Waals surface area contributed by atoms with E-state index in [9.17, 15) is 16.8 Å². The van der Waals surface area contributed by atoms with Crippen molar-refractivity contribution in [2.24, 2.45) is 0 Å². The van der Waals surface area contributed by atoms with Crippen molar-refractivity contribution in [3.63, 3.8) is 0 Å². The van der Waals surface area contributed by atoms with Gasteiger partial charge in [0.15, 0.2) is 0 Å². The van der Waals surface area contributed by atoms with Gasteiger partial charge in [-0.15, -0.1) is 0 Å². The number of sulfonamides is 2. The maximum absolute atomic E-state index is 13.4. The molecule has 0 amide bonds. The van der Waals surface area contributed by atoms with Gasteiger partial charge in [0, 0.05) is 14.1 Å². The van der Waals surface area contributed by atoms with Gasteiger partial charge in [0.1, 0.15) is 0 Å². The molecular formula is C22H24N2O4S2. The summed E-state index contributed by atoms with van der Waals surface area (Å²) in [5.41, 5.74) is 2.03. The summed E-state index contributed by atoms with van der Waals surface area (Å²) in [7, 11) is -4.57. The van der Waals surface area contributed by atoms with Gasteiger partial charge >= 0.3 is 0 Å². The summed E-state index contributed by atoms with van der Waals surface area (Å²) >= 11 is 0. The van der Waals surface area contributed by atoms with Crippen LogP contribution in [-0.4, -0.2) is 35.2 Å². The molecule has 0 aliphatic carbocycles. The molecule has 6 nitrogen and oxygen atoms in total. The van der Waals surface area contributed by atoms with E-state index in [0.717, 1.165) is 9.87 Å². The summed E-state index contributed by atoms with van der Waals surface area (Å²) in [6, 6.07) is 21.8. The monoisotopic (exact) mass is 444 g/mol. The Labute approximate surface area is 178 Å². The number of hydrogen-bond acceptors (Lipinski definition) is 4. The molecule has 0 spiro atoms. The zero-order chi connectivity index (χ0) is 21.9. The highest BCUT2D eigenvalue weighted by atomic mass is 32.2. The van der Waals surface area contributed by atoms with Gasteiger partial charge < -0.3 is 0 Å². The largest absolute Gasteiger partial charge is 0.264 e. The molecule has 0 aliphatic rings. The maximum Gasteiger partial charge on any atom is 0.264 e. The molecule has 0 saturated heterocycles. The van der Waals surface area contributed by atoms with E-state index >= 15 is 0 Å². The minimum Gasteiger partial charge on any atom is -0.262 e. The number of rotatable bonds is 7. The third kappa shape index (κ3) is 4.56. The normalized spacial score (nSPS) is 12.1. The third-order valence-electron chi connectivity index (χ3n) is 4.66. The van der Waals surface area contributed by atoms with Crippen molar-refractivity contribution in [1.29, 1.82) is 0 Å². The van der Waals surface area contributed by atoms with Crippen molar-refractivity contribution >= 4 is 25.7 Å². The lowest BCUT2D eigenvalue weighted by Gasteiger charge is -2.25. The smallest absolute Gasteiger partial charge is 0.262 e. The molecule has 0 bridgehead atoms. The summed E-state index contributed by atoms with van der Waals surface area (Å²) < 4.78 is 54.3. The maximum atomic E-state index is 13.4. The van der Waals surface area contributed by atoms with E-state index in [1.807, 2.05) is 13.0 Å². The third-order valence-corrected chi connectivity index (χ3v) is 8.26. The Balaban J connectivity index is 2.07. The van der Waals surface area contributed by atoms with Gasteiger partial charge in [-0.25, -0.2) is 21.1 Å². The molecule has 158 valence electrons. The molecule has 0 atom stereocenters. The molecule has 0 unspecified atom stereocenters. The Morgan fingerprint density at radius 3 is 1.93 bits per heavy atom. The van der Waals surface area contributed by atoms with Crippen LogP contribution >= 0.6 is 0 Å².